The van der Waals surface area contributed by atoms with E-state index in [1.807, 2.05) is 0 Å². The SMILES string of the molecule is O=C(O)C1CCC1NCC1CCCC1O. The van der Waals surface area contributed by atoms with Gasteiger partial charge >= 0.3 is 5.97 Å². The summed E-state index contributed by atoms with van der Waals surface area (Å²) in [6, 6.07) is 0.135. The van der Waals surface area contributed by atoms with E-state index in [1.165, 1.54) is 0 Å². The van der Waals surface area contributed by atoms with Gasteiger partial charge in [0.15, 0.2) is 0 Å². The van der Waals surface area contributed by atoms with Crippen molar-refractivity contribution in [3.8, 4) is 0 Å². The number of nitrogens with one attached hydrogen (secondary N) is 1. The number of carbonyl (C=O) groups is 1. The highest BCUT2D eigenvalue weighted by atomic mass is 16.4. The zero-order valence-corrected chi connectivity index (χ0v) is 8.85. The first-order valence-corrected chi connectivity index (χ1v) is 5.82. The van der Waals surface area contributed by atoms with E-state index in [-0.39, 0.29) is 18.1 Å². The fourth-order valence-electron chi connectivity index (χ4n) is 2.60. The molecule has 0 aromatic carbocycles. The van der Waals surface area contributed by atoms with Gasteiger partial charge in [-0.2, -0.15) is 0 Å². The van der Waals surface area contributed by atoms with Gasteiger partial charge in [0.05, 0.1) is 12.0 Å². The van der Waals surface area contributed by atoms with Crippen LogP contribution in [0.5, 0.6) is 0 Å². The van der Waals surface area contributed by atoms with Crippen molar-refractivity contribution in [3.63, 3.8) is 0 Å². The number of aliphatic carboxylic acids is 1. The van der Waals surface area contributed by atoms with Gasteiger partial charge in [-0.3, -0.25) is 4.79 Å². The van der Waals surface area contributed by atoms with Crippen molar-refractivity contribution < 1.29 is 15.0 Å². The maximum absolute atomic E-state index is 10.8. The molecule has 4 atom stereocenters. The van der Waals surface area contributed by atoms with Crippen LogP contribution in [0.3, 0.4) is 0 Å². The van der Waals surface area contributed by atoms with Crippen molar-refractivity contribution in [1.29, 1.82) is 0 Å². The molecular formula is C11H19NO3. The van der Waals surface area contributed by atoms with Gasteiger partial charge in [-0.1, -0.05) is 6.42 Å². The lowest BCUT2D eigenvalue weighted by Crippen LogP contribution is -2.49. The molecule has 4 unspecified atom stereocenters. The molecule has 4 heteroatoms. The van der Waals surface area contributed by atoms with E-state index in [1.54, 1.807) is 0 Å². The van der Waals surface area contributed by atoms with E-state index in [2.05, 4.69) is 5.32 Å². The van der Waals surface area contributed by atoms with Gasteiger partial charge in [0.2, 0.25) is 0 Å². The quantitative estimate of drug-likeness (QED) is 0.639. The number of aliphatic hydroxyl groups is 1. The molecule has 2 rings (SSSR count). The molecule has 0 spiro atoms. The van der Waals surface area contributed by atoms with E-state index in [9.17, 15) is 9.90 Å². The summed E-state index contributed by atoms with van der Waals surface area (Å²) in [7, 11) is 0. The number of hydrogen-bond acceptors (Lipinski definition) is 3. The predicted molar refractivity (Wildman–Crippen MR) is 55.5 cm³/mol. The Morgan fingerprint density at radius 3 is 2.53 bits per heavy atom. The van der Waals surface area contributed by atoms with E-state index >= 15 is 0 Å². The fourth-order valence-corrected chi connectivity index (χ4v) is 2.60. The van der Waals surface area contributed by atoms with Crippen LogP contribution in [0.4, 0.5) is 0 Å². The molecule has 2 saturated carbocycles. The molecule has 0 bridgehead atoms. The van der Waals surface area contributed by atoms with Crippen LogP contribution >= 0.6 is 0 Å². The second-order valence-corrected chi connectivity index (χ2v) is 4.80. The summed E-state index contributed by atoms with van der Waals surface area (Å²) in [6.45, 7) is 0.773. The zero-order chi connectivity index (χ0) is 10.8. The molecule has 0 amide bonds. The van der Waals surface area contributed by atoms with Crippen molar-refractivity contribution >= 4 is 5.97 Å². The summed E-state index contributed by atoms with van der Waals surface area (Å²) in [4.78, 5) is 10.8. The number of carboxylic acid groups (broad SMARTS) is 1. The lowest BCUT2D eigenvalue weighted by molar-refractivity contribution is -0.146. The fraction of sp³-hybridized carbons (Fsp3) is 0.909. The maximum atomic E-state index is 10.8. The second kappa shape index (κ2) is 4.49. The predicted octanol–water partition coefficient (Wildman–Crippen LogP) is 0.600. The Balaban J connectivity index is 1.72. The van der Waals surface area contributed by atoms with Gasteiger partial charge in [0.1, 0.15) is 0 Å². The molecular weight excluding hydrogens is 194 g/mol. The summed E-state index contributed by atoms with van der Waals surface area (Å²) >= 11 is 0. The van der Waals surface area contributed by atoms with Crippen LogP contribution in [0.1, 0.15) is 32.1 Å². The summed E-state index contributed by atoms with van der Waals surface area (Å²) in [5.41, 5.74) is 0. The first kappa shape index (κ1) is 10.9. The average molecular weight is 213 g/mol. The Morgan fingerprint density at radius 2 is 2.07 bits per heavy atom. The standard InChI is InChI=1S/C11H19NO3/c13-10-3-1-2-7(10)6-12-9-5-4-8(9)11(14)15/h7-10,12-13H,1-6H2,(H,14,15). The smallest absolute Gasteiger partial charge is 0.308 e. The van der Waals surface area contributed by atoms with Crippen molar-refractivity contribution in [2.45, 2.75) is 44.2 Å². The van der Waals surface area contributed by atoms with Gasteiger partial charge in [-0.05, 0) is 31.6 Å². The molecule has 15 heavy (non-hydrogen) atoms. The molecule has 3 N–H and O–H groups in total. The second-order valence-electron chi connectivity index (χ2n) is 4.80. The molecule has 0 saturated heterocycles. The summed E-state index contributed by atoms with van der Waals surface area (Å²) < 4.78 is 0. The lowest BCUT2D eigenvalue weighted by Gasteiger charge is -2.35. The molecule has 86 valence electrons. The topological polar surface area (TPSA) is 69.6 Å². The van der Waals surface area contributed by atoms with Gasteiger partial charge in [-0.15, -0.1) is 0 Å². The molecule has 0 aliphatic heterocycles. The highest BCUT2D eigenvalue weighted by Gasteiger charge is 2.37. The zero-order valence-electron chi connectivity index (χ0n) is 8.85. The van der Waals surface area contributed by atoms with Crippen molar-refractivity contribution in [2.24, 2.45) is 11.8 Å². The molecule has 4 nitrogen and oxygen atoms in total. The number of hydrogen-bond donors (Lipinski definition) is 3. The number of aliphatic hydroxyl groups excluding tert-OH is 1. The minimum Gasteiger partial charge on any atom is -0.481 e. The van der Waals surface area contributed by atoms with Gasteiger partial charge < -0.3 is 15.5 Å². The summed E-state index contributed by atoms with van der Waals surface area (Å²) in [5.74, 6) is -0.561. The molecule has 0 heterocycles. The van der Waals surface area contributed by atoms with E-state index in [0.29, 0.717) is 5.92 Å². The van der Waals surface area contributed by atoms with Crippen LogP contribution in [0.2, 0.25) is 0 Å². The molecule has 0 radical (unpaired) electrons. The van der Waals surface area contributed by atoms with Gasteiger partial charge in [-0.25, -0.2) is 0 Å². The molecule has 0 aromatic rings. The average Bonchev–Trinajstić information content (AvgIpc) is 2.49. The Bertz CT molecular complexity index is 244. The van der Waals surface area contributed by atoms with Gasteiger partial charge in [0, 0.05) is 12.6 Å². The molecule has 0 aromatic heterocycles. The number of rotatable bonds is 4. The van der Waals surface area contributed by atoms with E-state index in [0.717, 1.165) is 38.6 Å². The van der Waals surface area contributed by atoms with Crippen molar-refractivity contribution in [3.05, 3.63) is 0 Å². The lowest BCUT2D eigenvalue weighted by atomic mass is 9.79. The minimum atomic E-state index is -0.689. The third kappa shape index (κ3) is 2.32. The Hall–Kier alpha value is -0.610. The highest BCUT2D eigenvalue weighted by Crippen LogP contribution is 2.29. The normalized spacial score (nSPS) is 40.1. The van der Waals surface area contributed by atoms with E-state index < -0.39 is 5.97 Å². The largest absolute Gasteiger partial charge is 0.481 e. The third-order valence-electron chi connectivity index (χ3n) is 3.85. The Labute approximate surface area is 89.7 Å². The van der Waals surface area contributed by atoms with Gasteiger partial charge in [0.25, 0.3) is 0 Å². The molecule has 2 fully saturated rings. The van der Waals surface area contributed by atoms with Crippen LogP contribution in [0, 0.1) is 11.8 Å². The van der Waals surface area contributed by atoms with Crippen LogP contribution in [-0.4, -0.2) is 34.9 Å². The molecule has 2 aliphatic rings. The van der Waals surface area contributed by atoms with Crippen LogP contribution in [0.25, 0.3) is 0 Å². The van der Waals surface area contributed by atoms with Crippen molar-refractivity contribution in [1.82, 2.24) is 5.32 Å². The first-order valence-electron chi connectivity index (χ1n) is 5.82. The summed E-state index contributed by atoms with van der Waals surface area (Å²) in [6.07, 6.45) is 4.64. The van der Waals surface area contributed by atoms with Crippen LogP contribution in [0.15, 0.2) is 0 Å². The third-order valence-corrected chi connectivity index (χ3v) is 3.85. The highest BCUT2D eigenvalue weighted by molar-refractivity contribution is 5.72. The number of carboxylic acids is 1. The van der Waals surface area contributed by atoms with Crippen LogP contribution in [-0.2, 0) is 4.79 Å². The van der Waals surface area contributed by atoms with E-state index in [4.69, 9.17) is 5.11 Å². The Morgan fingerprint density at radius 1 is 1.27 bits per heavy atom. The maximum Gasteiger partial charge on any atom is 0.308 e. The monoisotopic (exact) mass is 213 g/mol. The van der Waals surface area contributed by atoms with Crippen molar-refractivity contribution in [2.75, 3.05) is 6.54 Å². The van der Waals surface area contributed by atoms with Crippen LogP contribution < -0.4 is 5.32 Å². The minimum absolute atomic E-state index is 0.135. The Kier molecular flexibility index (Phi) is 3.26. The molecule has 2 aliphatic carbocycles. The summed E-state index contributed by atoms with van der Waals surface area (Å²) in [5, 5.41) is 21.8. The first-order chi connectivity index (χ1) is 7.18.